The van der Waals surface area contributed by atoms with E-state index in [4.69, 9.17) is 4.74 Å². The van der Waals surface area contributed by atoms with Crippen molar-refractivity contribution in [3.05, 3.63) is 34.9 Å². The van der Waals surface area contributed by atoms with Crippen LogP contribution in [0.25, 0.3) is 0 Å². The molecule has 0 atom stereocenters. The van der Waals surface area contributed by atoms with Crippen LogP contribution in [0.2, 0.25) is 0 Å². The van der Waals surface area contributed by atoms with Gasteiger partial charge in [0.2, 0.25) is 0 Å². The van der Waals surface area contributed by atoms with E-state index in [2.05, 4.69) is 6.07 Å². The molecule has 15 heavy (non-hydrogen) atoms. The summed E-state index contributed by atoms with van der Waals surface area (Å²) in [4.78, 5) is 11.8. The second kappa shape index (κ2) is 5.66. The highest BCUT2D eigenvalue weighted by Crippen LogP contribution is 2.11. The minimum atomic E-state index is 0.207. The van der Waals surface area contributed by atoms with E-state index in [1.807, 2.05) is 26.0 Å². The van der Waals surface area contributed by atoms with E-state index in [1.54, 1.807) is 7.11 Å². The molecule has 1 aromatic rings. The first-order chi connectivity index (χ1) is 7.13. The number of ether oxygens (including phenoxy) is 1. The van der Waals surface area contributed by atoms with Crippen LogP contribution in [0.1, 0.15) is 34.3 Å². The Morgan fingerprint density at radius 2 is 1.80 bits per heavy atom. The molecule has 0 saturated carbocycles. The van der Waals surface area contributed by atoms with Gasteiger partial charge in [-0.15, -0.1) is 0 Å². The molecule has 0 amide bonds. The normalized spacial score (nSPS) is 10.3. The fourth-order valence-corrected chi connectivity index (χ4v) is 1.66. The third-order valence-electron chi connectivity index (χ3n) is 2.30. The topological polar surface area (TPSA) is 26.3 Å². The van der Waals surface area contributed by atoms with Crippen LogP contribution in [0.15, 0.2) is 18.2 Å². The van der Waals surface area contributed by atoms with Gasteiger partial charge in [0.25, 0.3) is 0 Å². The Morgan fingerprint density at radius 1 is 1.20 bits per heavy atom. The lowest BCUT2D eigenvalue weighted by Crippen LogP contribution is -2.02. The summed E-state index contributed by atoms with van der Waals surface area (Å²) in [5, 5.41) is 0. The Bertz CT molecular complexity index is 322. The average molecular weight is 206 g/mol. The summed E-state index contributed by atoms with van der Waals surface area (Å²) in [6, 6.07) is 5.97. The highest BCUT2D eigenvalue weighted by molar-refractivity contribution is 5.96. The maximum absolute atomic E-state index is 11.8. The molecule has 2 nitrogen and oxygen atoms in total. The van der Waals surface area contributed by atoms with Crippen LogP contribution in [0.4, 0.5) is 0 Å². The maximum atomic E-state index is 11.8. The molecular weight excluding hydrogens is 188 g/mol. The smallest absolute Gasteiger partial charge is 0.162 e. The number of hydrogen-bond acceptors (Lipinski definition) is 2. The molecule has 1 rings (SSSR count). The van der Waals surface area contributed by atoms with Crippen LogP contribution in [0.5, 0.6) is 0 Å². The first-order valence-electron chi connectivity index (χ1n) is 5.24. The molecule has 0 spiro atoms. The van der Waals surface area contributed by atoms with Crippen LogP contribution in [-0.2, 0) is 4.74 Å². The van der Waals surface area contributed by atoms with Crippen molar-refractivity contribution in [3.63, 3.8) is 0 Å². The van der Waals surface area contributed by atoms with Crippen LogP contribution in [0.3, 0.4) is 0 Å². The predicted octanol–water partition coefficient (Wildman–Crippen LogP) is 2.91. The molecule has 0 heterocycles. The summed E-state index contributed by atoms with van der Waals surface area (Å²) in [7, 11) is 1.65. The molecule has 2 heteroatoms. The Hall–Kier alpha value is -1.15. The summed E-state index contributed by atoms with van der Waals surface area (Å²) >= 11 is 0. The summed E-state index contributed by atoms with van der Waals surface area (Å²) in [5.74, 6) is 0.207. The number of hydrogen-bond donors (Lipinski definition) is 0. The largest absolute Gasteiger partial charge is 0.385 e. The third kappa shape index (κ3) is 3.84. The van der Waals surface area contributed by atoms with Gasteiger partial charge in [0.15, 0.2) is 5.78 Å². The quantitative estimate of drug-likeness (QED) is 0.547. The number of ketones is 1. The number of carbonyl (C=O) groups is 1. The van der Waals surface area contributed by atoms with Gasteiger partial charge in [-0.25, -0.2) is 0 Å². The van der Waals surface area contributed by atoms with Crippen LogP contribution < -0.4 is 0 Å². The Labute approximate surface area is 91.3 Å². The molecule has 0 N–H and O–H groups in total. The molecule has 0 aliphatic heterocycles. The predicted molar refractivity (Wildman–Crippen MR) is 61.4 cm³/mol. The van der Waals surface area contributed by atoms with Crippen molar-refractivity contribution in [2.45, 2.75) is 26.7 Å². The second-order valence-electron chi connectivity index (χ2n) is 3.90. The molecular formula is C13H18O2. The lowest BCUT2D eigenvalue weighted by molar-refractivity contribution is 0.0963. The van der Waals surface area contributed by atoms with Crippen LogP contribution in [0, 0.1) is 13.8 Å². The van der Waals surface area contributed by atoms with Crippen molar-refractivity contribution in [2.75, 3.05) is 13.7 Å². The minimum Gasteiger partial charge on any atom is -0.385 e. The van der Waals surface area contributed by atoms with Gasteiger partial charge in [-0.1, -0.05) is 17.2 Å². The molecule has 0 fully saturated rings. The Balaban J connectivity index is 2.65. The minimum absolute atomic E-state index is 0.207. The van der Waals surface area contributed by atoms with Crippen molar-refractivity contribution >= 4 is 5.78 Å². The lowest BCUT2D eigenvalue weighted by Gasteiger charge is -2.04. The van der Waals surface area contributed by atoms with E-state index >= 15 is 0 Å². The number of aryl methyl sites for hydroxylation is 2. The van der Waals surface area contributed by atoms with E-state index in [1.165, 1.54) is 0 Å². The zero-order valence-corrected chi connectivity index (χ0v) is 9.67. The molecule has 0 saturated heterocycles. The van der Waals surface area contributed by atoms with Gasteiger partial charge < -0.3 is 4.74 Å². The average Bonchev–Trinajstić information content (AvgIpc) is 2.16. The van der Waals surface area contributed by atoms with Crippen LogP contribution in [-0.4, -0.2) is 19.5 Å². The Kier molecular flexibility index (Phi) is 4.50. The molecule has 1 aromatic carbocycles. The molecule has 0 aliphatic carbocycles. The van der Waals surface area contributed by atoms with Crippen molar-refractivity contribution in [1.29, 1.82) is 0 Å². The monoisotopic (exact) mass is 206 g/mol. The van der Waals surface area contributed by atoms with Gasteiger partial charge in [-0.05, 0) is 32.4 Å². The van der Waals surface area contributed by atoms with E-state index in [0.29, 0.717) is 13.0 Å². The highest BCUT2D eigenvalue weighted by atomic mass is 16.5. The van der Waals surface area contributed by atoms with Crippen molar-refractivity contribution < 1.29 is 9.53 Å². The number of rotatable bonds is 5. The first-order valence-corrected chi connectivity index (χ1v) is 5.24. The van der Waals surface area contributed by atoms with Crippen molar-refractivity contribution in [1.82, 2.24) is 0 Å². The second-order valence-corrected chi connectivity index (χ2v) is 3.90. The number of Topliss-reactive ketones (excluding diaryl/α,β-unsaturated/α-hetero) is 1. The van der Waals surface area contributed by atoms with Gasteiger partial charge in [0.05, 0.1) is 0 Å². The fraction of sp³-hybridized carbons (Fsp3) is 0.462. The molecule has 0 radical (unpaired) electrons. The molecule has 0 aliphatic rings. The van der Waals surface area contributed by atoms with Gasteiger partial charge in [0.1, 0.15) is 0 Å². The Morgan fingerprint density at radius 3 is 2.33 bits per heavy atom. The van der Waals surface area contributed by atoms with E-state index in [9.17, 15) is 4.79 Å². The maximum Gasteiger partial charge on any atom is 0.162 e. The van der Waals surface area contributed by atoms with E-state index < -0.39 is 0 Å². The fourth-order valence-electron chi connectivity index (χ4n) is 1.66. The molecule has 0 bridgehead atoms. The van der Waals surface area contributed by atoms with Gasteiger partial charge in [-0.2, -0.15) is 0 Å². The lowest BCUT2D eigenvalue weighted by atomic mass is 10.0. The van der Waals surface area contributed by atoms with Gasteiger partial charge in [-0.3, -0.25) is 4.79 Å². The summed E-state index contributed by atoms with van der Waals surface area (Å²) in [5.41, 5.74) is 3.11. The number of methoxy groups -OCH3 is 1. The molecule has 82 valence electrons. The number of carbonyl (C=O) groups excluding carboxylic acids is 1. The molecule has 0 unspecified atom stereocenters. The summed E-state index contributed by atoms with van der Waals surface area (Å²) < 4.78 is 4.92. The molecule has 0 aromatic heterocycles. The van der Waals surface area contributed by atoms with E-state index in [-0.39, 0.29) is 5.78 Å². The first kappa shape index (κ1) is 11.9. The highest BCUT2D eigenvalue weighted by Gasteiger charge is 2.06. The van der Waals surface area contributed by atoms with E-state index in [0.717, 1.165) is 23.1 Å². The van der Waals surface area contributed by atoms with Gasteiger partial charge >= 0.3 is 0 Å². The summed E-state index contributed by atoms with van der Waals surface area (Å²) in [6.45, 7) is 4.68. The van der Waals surface area contributed by atoms with Crippen molar-refractivity contribution in [3.8, 4) is 0 Å². The number of benzene rings is 1. The van der Waals surface area contributed by atoms with Gasteiger partial charge in [0, 0.05) is 25.7 Å². The van der Waals surface area contributed by atoms with Crippen LogP contribution >= 0.6 is 0 Å². The summed E-state index contributed by atoms with van der Waals surface area (Å²) in [6.07, 6.45) is 1.36. The standard InChI is InChI=1S/C13H18O2/c1-10-7-11(2)9-12(8-10)13(14)5-4-6-15-3/h7-9H,4-6H2,1-3H3. The zero-order chi connectivity index (χ0) is 11.3. The zero-order valence-electron chi connectivity index (χ0n) is 9.67. The SMILES string of the molecule is COCCCC(=O)c1cc(C)cc(C)c1. The third-order valence-corrected chi connectivity index (χ3v) is 2.30. The van der Waals surface area contributed by atoms with Crippen molar-refractivity contribution in [2.24, 2.45) is 0 Å².